The summed E-state index contributed by atoms with van der Waals surface area (Å²) in [5.74, 6) is 0.735. The normalized spacial score (nSPS) is 15.5. The number of nitrogens with one attached hydrogen (secondary N) is 1. The summed E-state index contributed by atoms with van der Waals surface area (Å²) in [7, 11) is 0. The molecular weight excluding hydrogens is 368 g/mol. The Morgan fingerprint density at radius 3 is 2.55 bits per heavy atom. The lowest BCUT2D eigenvalue weighted by molar-refractivity contribution is 0.0186. The summed E-state index contributed by atoms with van der Waals surface area (Å²) in [4.78, 5) is 22.9. The summed E-state index contributed by atoms with van der Waals surface area (Å²) in [6.07, 6.45) is 4.73. The van der Waals surface area contributed by atoms with Gasteiger partial charge in [0.15, 0.2) is 5.65 Å². The highest BCUT2D eigenvalue weighted by Gasteiger charge is 2.28. The van der Waals surface area contributed by atoms with Gasteiger partial charge in [-0.1, -0.05) is 18.2 Å². The van der Waals surface area contributed by atoms with Gasteiger partial charge in [0, 0.05) is 18.8 Å². The first-order chi connectivity index (χ1) is 13.9. The molecule has 3 heterocycles. The maximum absolute atomic E-state index is 12.3. The molecule has 152 valence electrons. The molecule has 1 aromatic carbocycles. The van der Waals surface area contributed by atoms with Crippen molar-refractivity contribution in [2.75, 3.05) is 18.4 Å². The number of likely N-dealkylation sites (tertiary alicyclic amines) is 1. The number of piperidine rings is 1. The molecule has 0 bridgehead atoms. The molecule has 8 nitrogen and oxygen atoms in total. The van der Waals surface area contributed by atoms with Crippen molar-refractivity contribution in [1.29, 1.82) is 0 Å². The Hall–Kier alpha value is -3.16. The van der Waals surface area contributed by atoms with Crippen LogP contribution in [0, 0.1) is 0 Å². The Morgan fingerprint density at radius 1 is 1.14 bits per heavy atom. The zero-order chi connectivity index (χ0) is 20.4. The molecule has 1 N–H and O–H groups in total. The van der Waals surface area contributed by atoms with Crippen LogP contribution in [0.4, 0.5) is 16.3 Å². The number of benzene rings is 1. The van der Waals surface area contributed by atoms with Crippen molar-refractivity contribution in [1.82, 2.24) is 24.6 Å². The first-order valence-corrected chi connectivity index (χ1v) is 9.89. The molecule has 29 heavy (non-hydrogen) atoms. The van der Waals surface area contributed by atoms with Crippen molar-refractivity contribution in [3.05, 3.63) is 42.9 Å². The largest absolute Gasteiger partial charge is 0.444 e. The highest BCUT2D eigenvalue weighted by atomic mass is 16.6. The minimum atomic E-state index is -0.481. The molecule has 0 saturated carbocycles. The van der Waals surface area contributed by atoms with Crippen LogP contribution in [0.3, 0.4) is 0 Å². The van der Waals surface area contributed by atoms with Gasteiger partial charge in [0.25, 0.3) is 0 Å². The average Bonchev–Trinajstić information content (AvgIpc) is 3.13. The number of ether oxygens (including phenoxy) is 1. The number of hydrogen-bond acceptors (Lipinski definition) is 6. The lowest BCUT2D eigenvalue weighted by atomic mass is 10.1. The summed E-state index contributed by atoms with van der Waals surface area (Å²) in [6, 6.07) is 10.1. The number of carbonyl (C=O) groups is 1. The Morgan fingerprint density at radius 2 is 1.86 bits per heavy atom. The van der Waals surface area contributed by atoms with Gasteiger partial charge < -0.3 is 15.0 Å². The van der Waals surface area contributed by atoms with Gasteiger partial charge in [-0.2, -0.15) is 5.10 Å². The summed E-state index contributed by atoms with van der Waals surface area (Å²) in [5, 5.41) is 8.80. The predicted octanol–water partition coefficient (Wildman–Crippen LogP) is 4.14. The van der Waals surface area contributed by atoms with Gasteiger partial charge in [-0.05, 0) is 45.7 Å². The minimum absolute atomic E-state index is 0.186. The average molecular weight is 394 g/mol. The molecule has 1 saturated heterocycles. The maximum Gasteiger partial charge on any atom is 0.410 e. The molecule has 0 aliphatic carbocycles. The van der Waals surface area contributed by atoms with E-state index in [0.717, 1.165) is 35.4 Å². The van der Waals surface area contributed by atoms with Crippen LogP contribution >= 0.6 is 0 Å². The molecular formula is C21H26N6O2. The summed E-state index contributed by atoms with van der Waals surface area (Å²) >= 11 is 0. The molecule has 1 aliphatic heterocycles. The van der Waals surface area contributed by atoms with Gasteiger partial charge in [0.2, 0.25) is 0 Å². The van der Waals surface area contributed by atoms with Crippen molar-refractivity contribution in [3.63, 3.8) is 0 Å². The van der Waals surface area contributed by atoms with Crippen LogP contribution in [0.25, 0.3) is 11.0 Å². The van der Waals surface area contributed by atoms with E-state index >= 15 is 0 Å². The van der Waals surface area contributed by atoms with E-state index in [1.807, 2.05) is 55.8 Å². The van der Waals surface area contributed by atoms with Crippen molar-refractivity contribution < 1.29 is 9.53 Å². The van der Waals surface area contributed by atoms with E-state index in [4.69, 9.17) is 4.74 Å². The molecule has 0 spiro atoms. The lowest BCUT2D eigenvalue weighted by Crippen LogP contribution is -2.42. The van der Waals surface area contributed by atoms with E-state index in [1.165, 1.54) is 0 Å². The Balaban J connectivity index is 1.48. The summed E-state index contributed by atoms with van der Waals surface area (Å²) < 4.78 is 7.44. The molecule has 0 unspecified atom stereocenters. The number of hydrogen-bond donors (Lipinski definition) is 1. The first-order valence-electron chi connectivity index (χ1n) is 9.89. The predicted molar refractivity (Wildman–Crippen MR) is 111 cm³/mol. The molecule has 2 aromatic heterocycles. The van der Waals surface area contributed by atoms with Gasteiger partial charge in [0.1, 0.15) is 17.7 Å². The number of para-hydroxylation sites is 1. The summed E-state index contributed by atoms with van der Waals surface area (Å²) in [5.41, 5.74) is 1.28. The van der Waals surface area contributed by atoms with Gasteiger partial charge in [-0.3, -0.25) is 0 Å². The molecule has 4 rings (SSSR count). The molecule has 1 aliphatic rings. The van der Waals surface area contributed by atoms with Crippen molar-refractivity contribution in [2.45, 2.75) is 45.3 Å². The zero-order valence-corrected chi connectivity index (χ0v) is 17.0. The van der Waals surface area contributed by atoms with Crippen molar-refractivity contribution in [2.24, 2.45) is 0 Å². The van der Waals surface area contributed by atoms with Gasteiger partial charge in [-0.15, -0.1) is 0 Å². The van der Waals surface area contributed by atoms with Crippen molar-refractivity contribution >= 4 is 28.6 Å². The van der Waals surface area contributed by atoms with E-state index in [-0.39, 0.29) is 12.1 Å². The SMILES string of the molecule is CC(C)(C)OC(=O)N1CCC(n2ncc3c(Nc4ccccc4)ncnc32)CC1. The minimum Gasteiger partial charge on any atom is -0.444 e. The number of amides is 1. The Kier molecular flexibility index (Phi) is 5.08. The van der Waals surface area contributed by atoms with E-state index < -0.39 is 5.60 Å². The fourth-order valence-corrected chi connectivity index (χ4v) is 3.51. The van der Waals surface area contributed by atoms with Crippen LogP contribution < -0.4 is 5.32 Å². The first kappa shape index (κ1) is 19.2. The third-order valence-corrected chi connectivity index (χ3v) is 4.89. The standard InChI is InChI=1S/C21H26N6O2/c1-21(2,3)29-20(28)26-11-9-16(10-12-26)27-19-17(13-24-27)18(22-14-23-19)25-15-7-5-4-6-8-15/h4-8,13-14,16H,9-12H2,1-3H3,(H,22,23,25). The quantitative estimate of drug-likeness (QED) is 0.719. The topological polar surface area (TPSA) is 85.2 Å². The number of anilines is 2. The van der Waals surface area contributed by atoms with E-state index in [2.05, 4.69) is 20.4 Å². The van der Waals surface area contributed by atoms with Gasteiger partial charge >= 0.3 is 6.09 Å². The number of carbonyl (C=O) groups excluding carboxylic acids is 1. The molecule has 0 radical (unpaired) electrons. The van der Waals surface area contributed by atoms with Crippen LogP contribution in [-0.2, 0) is 4.74 Å². The molecule has 0 atom stereocenters. The fraction of sp³-hybridized carbons (Fsp3) is 0.429. The maximum atomic E-state index is 12.3. The number of rotatable bonds is 3. The van der Waals surface area contributed by atoms with Crippen LogP contribution in [0.1, 0.15) is 39.7 Å². The second kappa shape index (κ2) is 7.69. The number of nitrogens with zero attached hydrogens (tertiary/aromatic N) is 5. The Labute approximate surface area is 169 Å². The highest BCUT2D eigenvalue weighted by molar-refractivity contribution is 5.88. The smallest absolute Gasteiger partial charge is 0.410 e. The Bertz CT molecular complexity index is 987. The van der Waals surface area contributed by atoms with Crippen LogP contribution in [0.2, 0.25) is 0 Å². The number of aromatic nitrogens is 4. The van der Waals surface area contributed by atoms with Gasteiger partial charge in [0.05, 0.1) is 17.6 Å². The van der Waals surface area contributed by atoms with E-state index in [0.29, 0.717) is 13.1 Å². The molecule has 1 amide bonds. The third kappa shape index (κ3) is 4.31. The van der Waals surface area contributed by atoms with E-state index in [1.54, 1.807) is 17.4 Å². The summed E-state index contributed by atoms with van der Waals surface area (Å²) in [6.45, 7) is 6.93. The number of fused-ring (bicyclic) bond motifs is 1. The molecule has 8 heteroatoms. The van der Waals surface area contributed by atoms with Crippen LogP contribution in [0.5, 0.6) is 0 Å². The highest BCUT2D eigenvalue weighted by Crippen LogP contribution is 2.29. The van der Waals surface area contributed by atoms with Gasteiger partial charge in [-0.25, -0.2) is 19.4 Å². The van der Waals surface area contributed by atoms with Crippen LogP contribution in [-0.4, -0.2) is 49.4 Å². The monoisotopic (exact) mass is 394 g/mol. The van der Waals surface area contributed by atoms with E-state index in [9.17, 15) is 4.79 Å². The molecule has 3 aromatic rings. The zero-order valence-electron chi connectivity index (χ0n) is 17.0. The third-order valence-electron chi connectivity index (χ3n) is 4.89. The van der Waals surface area contributed by atoms with Crippen molar-refractivity contribution in [3.8, 4) is 0 Å². The van der Waals surface area contributed by atoms with Crippen LogP contribution in [0.15, 0.2) is 42.9 Å². The lowest BCUT2D eigenvalue weighted by Gasteiger charge is -2.33. The second-order valence-corrected chi connectivity index (χ2v) is 8.24. The molecule has 1 fully saturated rings. The second-order valence-electron chi connectivity index (χ2n) is 8.24. The fourth-order valence-electron chi connectivity index (χ4n) is 3.51.